The Morgan fingerprint density at radius 2 is 1.70 bits per heavy atom. The topological polar surface area (TPSA) is 32.3 Å². The molecular formula is C15H22F2N2O. The molecule has 0 aliphatic heterocycles. The van der Waals surface area contributed by atoms with Gasteiger partial charge in [0.05, 0.1) is 0 Å². The second kappa shape index (κ2) is 7.22. The Labute approximate surface area is 119 Å². The van der Waals surface area contributed by atoms with Crippen molar-refractivity contribution >= 4 is 11.6 Å². The highest BCUT2D eigenvalue weighted by atomic mass is 19.1. The molecule has 1 aromatic carbocycles. The lowest BCUT2D eigenvalue weighted by Crippen LogP contribution is -2.36. The van der Waals surface area contributed by atoms with E-state index in [0.29, 0.717) is 6.54 Å². The van der Waals surface area contributed by atoms with Gasteiger partial charge in [-0.3, -0.25) is 4.79 Å². The van der Waals surface area contributed by atoms with Gasteiger partial charge in [0.25, 0.3) is 5.91 Å². The first-order chi connectivity index (χ1) is 9.46. The van der Waals surface area contributed by atoms with Crippen LogP contribution in [0.3, 0.4) is 0 Å². The van der Waals surface area contributed by atoms with Crippen LogP contribution in [0.25, 0.3) is 0 Å². The normalized spacial score (nSPS) is 10.8. The van der Waals surface area contributed by atoms with Crippen molar-refractivity contribution in [3.63, 3.8) is 0 Å². The van der Waals surface area contributed by atoms with Crippen LogP contribution in [0.4, 0.5) is 14.5 Å². The quantitative estimate of drug-likeness (QED) is 0.864. The van der Waals surface area contributed by atoms with Crippen LogP contribution in [-0.2, 0) is 0 Å². The number of carbonyl (C=O) groups is 1. The van der Waals surface area contributed by atoms with Gasteiger partial charge in [-0.1, -0.05) is 13.8 Å². The molecule has 0 saturated carbocycles. The molecule has 0 spiro atoms. The molecule has 1 aromatic rings. The van der Waals surface area contributed by atoms with Crippen LogP contribution in [0.1, 0.15) is 44.0 Å². The highest BCUT2D eigenvalue weighted by Crippen LogP contribution is 2.22. The molecule has 0 saturated heterocycles. The van der Waals surface area contributed by atoms with Gasteiger partial charge in [-0.05, 0) is 31.9 Å². The van der Waals surface area contributed by atoms with Crippen molar-refractivity contribution in [3.05, 3.63) is 29.3 Å². The average Bonchev–Trinajstić information content (AvgIpc) is 2.43. The lowest BCUT2D eigenvalue weighted by Gasteiger charge is -2.26. The molecule has 0 aromatic heterocycles. The SMILES string of the molecule is CCNc1c(F)cc(C(=O)N(C)C(CC)CC)cc1F. The van der Waals surface area contributed by atoms with E-state index < -0.39 is 11.6 Å². The Morgan fingerprint density at radius 1 is 1.20 bits per heavy atom. The number of carbonyl (C=O) groups excluding carboxylic acids is 1. The molecule has 0 aliphatic rings. The summed E-state index contributed by atoms with van der Waals surface area (Å²) >= 11 is 0. The molecule has 0 atom stereocenters. The number of rotatable bonds is 6. The molecule has 112 valence electrons. The lowest BCUT2D eigenvalue weighted by molar-refractivity contribution is 0.0722. The third-order valence-corrected chi connectivity index (χ3v) is 3.45. The van der Waals surface area contributed by atoms with Gasteiger partial charge in [0.2, 0.25) is 0 Å². The van der Waals surface area contributed by atoms with Gasteiger partial charge in [-0.15, -0.1) is 0 Å². The molecule has 20 heavy (non-hydrogen) atoms. The van der Waals surface area contributed by atoms with Crippen molar-refractivity contribution in [2.75, 3.05) is 18.9 Å². The number of nitrogens with zero attached hydrogens (tertiary/aromatic N) is 1. The van der Waals surface area contributed by atoms with E-state index >= 15 is 0 Å². The Hall–Kier alpha value is -1.65. The van der Waals surface area contributed by atoms with Gasteiger partial charge in [0.1, 0.15) is 17.3 Å². The van der Waals surface area contributed by atoms with Gasteiger partial charge in [0.15, 0.2) is 0 Å². The fraction of sp³-hybridized carbons (Fsp3) is 0.533. The van der Waals surface area contributed by atoms with Crippen LogP contribution in [0, 0.1) is 11.6 Å². The highest BCUT2D eigenvalue weighted by molar-refractivity contribution is 5.94. The summed E-state index contributed by atoms with van der Waals surface area (Å²) in [6.07, 6.45) is 1.61. The molecule has 1 N–H and O–H groups in total. The number of hydrogen-bond donors (Lipinski definition) is 1. The zero-order valence-corrected chi connectivity index (χ0v) is 12.5. The monoisotopic (exact) mass is 284 g/mol. The minimum absolute atomic E-state index is 0.0380. The molecular weight excluding hydrogens is 262 g/mol. The number of amides is 1. The van der Waals surface area contributed by atoms with Crippen molar-refractivity contribution in [1.29, 1.82) is 0 Å². The largest absolute Gasteiger partial charge is 0.381 e. The first-order valence-corrected chi connectivity index (χ1v) is 6.96. The predicted octanol–water partition coefficient (Wildman–Crippen LogP) is 3.66. The third-order valence-electron chi connectivity index (χ3n) is 3.45. The Morgan fingerprint density at radius 3 is 2.10 bits per heavy atom. The molecule has 0 bridgehead atoms. The van der Waals surface area contributed by atoms with Crippen LogP contribution in [0.5, 0.6) is 0 Å². The van der Waals surface area contributed by atoms with E-state index in [1.165, 1.54) is 0 Å². The van der Waals surface area contributed by atoms with Gasteiger partial charge < -0.3 is 10.2 Å². The second-order valence-electron chi connectivity index (χ2n) is 4.73. The zero-order chi connectivity index (χ0) is 15.3. The zero-order valence-electron chi connectivity index (χ0n) is 12.5. The molecule has 0 heterocycles. The molecule has 1 amide bonds. The third kappa shape index (κ3) is 3.46. The first-order valence-electron chi connectivity index (χ1n) is 6.96. The Kier molecular flexibility index (Phi) is 5.92. The number of hydrogen-bond acceptors (Lipinski definition) is 2. The van der Waals surface area contributed by atoms with Gasteiger partial charge in [0, 0.05) is 25.2 Å². The fourth-order valence-corrected chi connectivity index (χ4v) is 2.25. The summed E-state index contributed by atoms with van der Waals surface area (Å²) in [6.45, 7) is 6.12. The first kappa shape index (κ1) is 16.4. The minimum atomic E-state index is -0.742. The fourth-order valence-electron chi connectivity index (χ4n) is 2.25. The second-order valence-corrected chi connectivity index (χ2v) is 4.73. The summed E-state index contributed by atoms with van der Waals surface area (Å²) in [5.41, 5.74) is -0.148. The highest BCUT2D eigenvalue weighted by Gasteiger charge is 2.21. The maximum atomic E-state index is 13.8. The van der Waals surface area contributed by atoms with Gasteiger partial charge >= 0.3 is 0 Å². The van der Waals surface area contributed by atoms with Crippen molar-refractivity contribution in [1.82, 2.24) is 4.90 Å². The van der Waals surface area contributed by atoms with E-state index in [1.54, 1.807) is 18.9 Å². The van der Waals surface area contributed by atoms with Crippen molar-refractivity contribution in [3.8, 4) is 0 Å². The smallest absolute Gasteiger partial charge is 0.254 e. The van der Waals surface area contributed by atoms with E-state index in [0.717, 1.165) is 25.0 Å². The summed E-state index contributed by atoms with van der Waals surface area (Å²) in [5.74, 6) is -1.85. The molecule has 0 unspecified atom stereocenters. The number of nitrogens with one attached hydrogen (secondary N) is 1. The van der Waals surface area contributed by atoms with E-state index in [9.17, 15) is 13.6 Å². The van der Waals surface area contributed by atoms with E-state index in [-0.39, 0.29) is 23.2 Å². The van der Waals surface area contributed by atoms with Crippen LogP contribution in [0.15, 0.2) is 12.1 Å². The summed E-state index contributed by atoms with van der Waals surface area (Å²) in [7, 11) is 1.66. The maximum Gasteiger partial charge on any atom is 0.254 e. The van der Waals surface area contributed by atoms with E-state index in [2.05, 4.69) is 5.32 Å². The predicted molar refractivity (Wildman–Crippen MR) is 77.0 cm³/mol. The number of anilines is 1. The summed E-state index contributed by atoms with van der Waals surface area (Å²) in [6, 6.07) is 2.24. The van der Waals surface area contributed by atoms with Crippen molar-refractivity contribution in [2.24, 2.45) is 0 Å². The molecule has 0 fully saturated rings. The molecule has 1 rings (SSSR count). The van der Waals surface area contributed by atoms with Crippen LogP contribution in [-0.4, -0.2) is 30.4 Å². The van der Waals surface area contributed by atoms with Crippen LogP contribution < -0.4 is 5.32 Å². The van der Waals surface area contributed by atoms with Crippen molar-refractivity contribution in [2.45, 2.75) is 39.7 Å². The summed E-state index contributed by atoms with van der Waals surface area (Å²) in [4.78, 5) is 13.8. The molecule has 0 radical (unpaired) electrons. The Balaban J connectivity index is 3.05. The van der Waals surface area contributed by atoms with E-state index in [1.807, 2.05) is 13.8 Å². The minimum Gasteiger partial charge on any atom is -0.381 e. The van der Waals surface area contributed by atoms with Gasteiger partial charge in [-0.25, -0.2) is 8.78 Å². The average molecular weight is 284 g/mol. The maximum absolute atomic E-state index is 13.8. The number of halogens is 2. The molecule has 3 nitrogen and oxygen atoms in total. The molecule has 5 heteroatoms. The number of benzene rings is 1. The summed E-state index contributed by atoms with van der Waals surface area (Å²) in [5, 5.41) is 2.61. The van der Waals surface area contributed by atoms with Crippen LogP contribution in [0.2, 0.25) is 0 Å². The van der Waals surface area contributed by atoms with E-state index in [4.69, 9.17) is 0 Å². The summed E-state index contributed by atoms with van der Waals surface area (Å²) < 4.78 is 27.6. The standard InChI is InChI=1S/C15H22F2N2O/c1-5-11(6-2)19(4)15(20)10-8-12(16)14(18-7-3)13(17)9-10/h8-9,11,18H,5-7H2,1-4H3. The van der Waals surface area contributed by atoms with Crippen LogP contribution >= 0.6 is 0 Å². The molecule has 0 aliphatic carbocycles. The van der Waals surface area contributed by atoms with Crippen molar-refractivity contribution < 1.29 is 13.6 Å². The van der Waals surface area contributed by atoms with Gasteiger partial charge in [-0.2, -0.15) is 0 Å². The lowest BCUT2D eigenvalue weighted by atomic mass is 10.1. The Bertz CT molecular complexity index is 450.